The molecule has 9 nitrogen and oxygen atoms in total. The third-order valence-corrected chi connectivity index (χ3v) is 6.10. The van der Waals surface area contributed by atoms with E-state index in [2.05, 4.69) is 21.2 Å². The Morgan fingerprint density at radius 3 is 2.54 bits per heavy atom. The molecule has 3 rings (SSSR count). The van der Waals surface area contributed by atoms with Gasteiger partial charge in [-0.05, 0) is 37.1 Å². The third-order valence-electron chi connectivity index (χ3n) is 4.16. The Bertz CT molecular complexity index is 971. The molecular weight excluding hydrogens is 389 g/mol. The Morgan fingerprint density at radius 2 is 1.82 bits per heavy atom. The van der Waals surface area contributed by atoms with Crippen LogP contribution in [-0.2, 0) is 10.0 Å². The van der Waals surface area contributed by atoms with Gasteiger partial charge in [0.25, 0.3) is 5.91 Å². The fourth-order valence-corrected chi connectivity index (χ4v) is 4.51. The van der Waals surface area contributed by atoms with E-state index in [-0.39, 0.29) is 6.54 Å². The molecule has 1 aliphatic heterocycles. The summed E-state index contributed by atoms with van der Waals surface area (Å²) in [7, 11) is -4.12. The predicted octanol–water partition coefficient (Wildman–Crippen LogP) is 0.976. The summed E-state index contributed by atoms with van der Waals surface area (Å²) in [6.07, 6.45) is 2.86. The molecule has 2 heterocycles. The fourth-order valence-electron chi connectivity index (χ4n) is 2.83. The van der Waals surface area contributed by atoms with Gasteiger partial charge in [0.2, 0.25) is 10.0 Å². The number of nitrogens with zero attached hydrogens (tertiary/aromatic N) is 2. The highest BCUT2D eigenvalue weighted by molar-refractivity contribution is 7.89. The van der Waals surface area contributed by atoms with Gasteiger partial charge in [-0.3, -0.25) is 15.2 Å². The van der Waals surface area contributed by atoms with Crippen molar-refractivity contribution in [1.82, 2.24) is 25.5 Å². The Labute approximate surface area is 161 Å². The molecule has 3 N–H and O–H groups in total. The summed E-state index contributed by atoms with van der Waals surface area (Å²) in [5.41, 5.74) is 4.67. The van der Waals surface area contributed by atoms with Crippen molar-refractivity contribution in [3.8, 4) is 0 Å². The minimum absolute atomic E-state index is 0.144. The third kappa shape index (κ3) is 4.26. The van der Waals surface area contributed by atoms with Crippen molar-refractivity contribution >= 4 is 22.0 Å². The summed E-state index contributed by atoms with van der Waals surface area (Å²) in [6, 6.07) is 7.20. The first-order valence-corrected chi connectivity index (χ1v) is 9.87. The first-order chi connectivity index (χ1) is 13.4. The molecule has 0 unspecified atom stereocenters. The fraction of sp³-hybridized carbons (Fsp3) is 0.235. The quantitative estimate of drug-likeness (QED) is 0.653. The van der Waals surface area contributed by atoms with Crippen LogP contribution >= 0.6 is 0 Å². The van der Waals surface area contributed by atoms with Crippen molar-refractivity contribution in [2.75, 3.05) is 6.54 Å². The van der Waals surface area contributed by atoms with Gasteiger partial charge in [0, 0.05) is 24.5 Å². The van der Waals surface area contributed by atoms with E-state index in [1.54, 1.807) is 0 Å². The van der Waals surface area contributed by atoms with Gasteiger partial charge in [0.15, 0.2) is 0 Å². The van der Waals surface area contributed by atoms with Crippen molar-refractivity contribution in [3.05, 3.63) is 60.2 Å². The van der Waals surface area contributed by atoms with Crippen LogP contribution in [0.3, 0.4) is 0 Å². The van der Waals surface area contributed by atoms with Crippen LogP contribution in [-0.4, -0.2) is 42.4 Å². The number of hydrogen-bond acceptors (Lipinski definition) is 5. The predicted molar refractivity (Wildman–Crippen MR) is 96.7 cm³/mol. The lowest BCUT2D eigenvalue weighted by Crippen LogP contribution is -2.54. The number of benzene rings is 1. The van der Waals surface area contributed by atoms with Gasteiger partial charge in [0.05, 0.1) is 6.17 Å². The highest BCUT2D eigenvalue weighted by Crippen LogP contribution is 2.26. The molecule has 1 atom stereocenters. The number of amides is 3. The zero-order chi connectivity index (χ0) is 20.1. The van der Waals surface area contributed by atoms with Crippen molar-refractivity contribution in [2.24, 2.45) is 0 Å². The number of carbonyl (C=O) groups excluding carboxylic acids is 2. The van der Waals surface area contributed by atoms with E-state index >= 15 is 0 Å². The Hall–Kier alpha value is -3.05. The van der Waals surface area contributed by atoms with Crippen molar-refractivity contribution < 1.29 is 22.4 Å². The zero-order valence-electron chi connectivity index (χ0n) is 14.6. The summed E-state index contributed by atoms with van der Waals surface area (Å²) < 4.78 is 40.5. The SMILES string of the molecule is O=C(NNC(=O)c1ccncc1)N[C@@H]1CCCN1S(=O)(=O)c1ccccc1F. The van der Waals surface area contributed by atoms with E-state index in [4.69, 9.17) is 0 Å². The molecule has 0 bridgehead atoms. The number of rotatable bonds is 4. The minimum Gasteiger partial charge on any atom is -0.320 e. The normalized spacial score (nSPS) is 17.1. The topological polar surface area (TPSA) is 120 Å². The monoisotopic (exact) mass is 407 g/mol. The standard InChI is InChI=1S/C17H18FN5O4S/c18-13-4-1-2-5-14(13)28(26,27)23-11-3-6-15(23)20-17(25)22-21-16(24)12-7-9-19-10-8-12/h1-2,4-5,7-10,15H,3,6,11H2,(H,21,24)(H2,20,22,25)/t15-/m0/s1. The van der Waals surface area contributed by atoms with Crippen LogP contribution in [0.15, 0.2) is 53.7 Å². The van der Waals surface area contributed by atoms with E-state index in [9.17, 15) is 22.4 Å². The van der Waals surface area contributed by atoms with Crippen molar-refractivity contribution in [3.63, 3.8) is 0 Å². The smallest absolute Gasteiger partial charge is 0.320 e. The second kappa shape index (κ2) is 8.31. The molecular formula is C17H18FN5O4S. The number of halogens is 1. The van der Waals surface area contributed by atoms with E-state index < -0.39 is 38.8 Å². The van der Waals surface area contributed by atoms with Gasteiger partial charge >= 0.3 is 6.03 Å². The number of aromatic nitrogens is 1. The van der Waals surface area contributed by atoms with Crippen molar-refractivity contribution in [1.29, 1.82) is 0 Å². The second-order valence-corrected chi connectivity index (χ2v) is 7.85. The van der Waals surface area contributed by atoms with Gasteiger partial charge in [0.1, 0.15) is 10.7 Å². The first-order valence-electron chi connectivity index (χ1n) is 8.43. The summed E-state index contributed by atoms with van der Waals surface area (Å²) in [5.74, 6) is -1.41. The molecule has 0 spiro atoms. The van der Waals surface area contributed by atoms with E-state index in [1.807, 2.05) is 0 Å². The minimum atomic E-state index is -4.12. The van der Waals surface area contributed by atoms with Gasteiger partial charge < -0.3 is 5.32 Å². The lowest BCUT2D eigenvalue weighted by atomic mass is 10.3. The molecule has 1 aromatic heterocycles. The second-order valence-electron chi connectivity index (χ2n) is 5.99. The maximum absolute atomic E-state index is 13.9. The molecule has 148 valence electrons. The van der Waals surface area contributed by atoms with E-state index in [0.29, 0.717) is 18.4 Å². The van der Waals surface area contributed by atoms with Crippen LogP contribution in [0.5, 0.6) is 0 Å². The largest absolute Gasteiger partial charge is 0.334 e. The van der Waals surface area contributed by atoms with Gasteiger partial charge in [-0.25, -0.2) is 23.0 Å². The van der Waals surface area contributed by atoms with Crippen LogP contribution in [0.4, 0.5) is 9.18 Å². The molecule has 1 aliphatic rings. The van der Waals surface area contributed by atoms with E-state index in [0.717, 1.165) is 10.4 Å². The number of carbonyl (C=O) groups is 2. The van der Waals surface area contributed by atoms with Crippen LogP contribution < -0.4 is 16.2 Å². The molecule has 11 heteroatoms. The summed E-state index contributed by atoms with van der Waals surface area (Å²) in [5, 5.41) is 2.48. The first kappa shape index (κ1) is 19.7. The molecule has 28 heavy (non-hydrogen) atoms. The molecule has 0 aliphatic carbocycles. The number of pyridine rings is 1. The Balaban J connectivity index is 1.63. The lowest BCUT2D eigenvalue weighted by Gasteiger charge is -2.25. The Morgan fingerprint density at radius 1 is 1.11 bits per heavy atom. The highest BCUT2D eigenvalue weighted by atomic mass is 32.2. The number of hydrazine groups is 1. The number of nitrogens with one attached hydrogen (secondary N) is 3. The summed E-state index contributed by atoms with van der Waals surface area (Å²) in [4.78, 5) is 27.3. The molecule has 1 saturated heterocycles. The number of hydrogen-bond donors (Lipinski definition) is 3. The molecule has 3 amide bonds. The van der Waals surface area contributed by atoms with E-state index in [1.165, 1.54) is 42.7 Å². The van der Waals surface area contributed by atoms with Crippen LogP contribution in [0.2, 0.25) is 0 Å². The Kier molecular flexibility index (Phi) is 5.85. The maximum Gasteiger partial charge on any atom is 0.334 e. The molecule has 1 fully saturated rings. The number of urea groups is 1. The average Bonchev–Trinajstić information content (AvgIpc) is 3.16. The summed E-state index contributed by atoms with van der Waals surface area (Å²) >= 11 is 0. The van der Waals surface area contributed by atoms with Gasteiger partial charge in [-0.1, -0.05) is 12.1 Å². The van der Waals surface area contributed by atoms with Gasteiger partial charge in [-0.2, -0.15) is 4.31 Å². The highest BCUT2D eigenvalue weighted by Gasteiger charge is 2.37. The molecule has 1 aromatic carbocycles. The molecule has 0 saturated carbocycles. The van der Waals surface area contributed by atoms with Crippen LogP contribution in [0, 0.1) is 5.82 Å². The zero-order valence-corrected chi connectivity index (χ0v) is 15.4. The molecule has 0 radical (unpaired) electrons. The van der Waals surface area contributed by atoms with Crippen LogP contribution in [0.25, 0.3) is 0 Å². The lowest BCUT2D eigenvalue weighted by molar-refractivity contribution is 0.0935. The van der Waals surface area contributed by atoms with Crippen molar-refractivity contribution in [2.45, 2.75) is 23.9 Å². The van der Waals surface area contributed by atoms with Crippen LogP contribution in [0.1, 0.15) is 23.2 Å². The number of sulfonamides is 1. The maximum atomic E-state index is 13.9. The summed E-state index contributed by atoms with van der Waals surface area (Å²) in [6.45, 7) is 0.144. The average molecular weight is 407 g/mol. The van der Waals surface area contributed by atoms with Gasteiger partial charge in [-0.15, -0.1) is 0 Å². The molecule has 2 aromatic rings.